The van der Waals surface area contributed by atoms with Crippen molar-refractivity contribution in [1.29, 1.82) is 0 Å². The molecule has 0 atom stereocenters. The van der Waals surface area contributed by atoms with Crippen molar-refractivity contribution >= 4 is 11.8 Å². The lowest BCUT2D eigenvalue weighted by Crippen LogP contribution is -2.48. The molecule has 0 fully saturated rings. The number of ether oxygens (including phenoxy) is 1. The summed E-state index contributed by atoms with van der Waals surface area (Å²) >= 11 is 0. The SMILES string of the molecule is CC(C)(C)OC(=O)N1CC=CCCN1c1ccccc1. The van der Waals surface area contributed by atoms with Crippen LogP contribution in [-0.4, -0.2) is 29.8 Å². The molecule has 1 aromatic rings. The van der Waals surface area contributed by atoms with Gasteiger partial charge in [0.1, 0.15) is 5.60 Å². The molecule has 2 rings (SSSR count). The number of benzene rings is 1. The number of rotatable bonds is 1. The lowest BCUT2D eigenvalue weighted by Gasteiger charge is -2.35. The molecule has 0 spiro atoms. The van der Waals surface area contributed by atoms with E-state index in [4.69, 9.17) is 4.74 Å². The van der Waals surface area contributed by atoms with E-state index in [2.05, 4.69) is 6.08 Å². The molecule has 1 heterocycles. The first-order valence-corrected chi connectivity index (χ1v) is 6.95. The predicted octanol–water partition coefficient (Wildman–Crippen LogP) is 3.61. The first-order chi connectivity index (χ1) is 9.47. The van der Waals surface area contributed by atoms with Crippen LogP contribution in [0.3, 0.4) is 0 Å². The van der Waals surface area contributed by atoms with Crippen molar-refractivity contribution < 1.29 is 9.53 Å². The fourth-order valence-electron chi connectivity index (χ4n) is 2.06. The highest BCUT2D eigenvalue weighted by molar-refractivity contribution is 5.71. The van der Waals surface area contributed by atoms with E-state index in [9.17, 15) is 4.79 Å². The highest BCUT2D eigenvalue weighted by atomic mass is 16.6. The quantitative estimate of drug-likeness (QED) is 0.733. The van der Waals surface area contributed by atoms with Crippen LogP contribution in [0.15, 0.2) is 42.5 Å². The number of hydrogen-bond acceptors (Lipinski definition) is 3. The molecule has 1 aliphatic rings. The van der Waals surface area contributed by atoms with Gasteiger partial charge in [0.15, 0.2) is 0 Å². The molecule has 0 saturated heterocycles. The summed E-state index contributed by atoms with van der Waals surface area (Å²) in [6.07, 6.45) is 4.70. The van der Waals surface area contributed by atoms with Gasteiger partial charge in [0, 0.05) is 6.54 Å². The first kappa shape index (κ1) is 14.4. The Bertz CT molecular complexity index is 477. The van der Waals surface area contributed by atoms with Gasteiger partial charge in [-0.1, -0.05) is 30.4 Å². The number of nitrogens with zero attached hydrogens (tertiary/aromatic N) is 2. The largest absolute Gasteiger partial charge is 0.442 e. The molecule has 0 unspecified atom stereocenters. The summed E-state index contributed by atoms with van der Waals surface area (Å²) in [4.78, 5) is 12.4. The summed E-state index contributed by atoms with van der Waals surface area (Å²) in [6, 6.07) is 9.92. The van der Waals surface area contributed by atoms with Crippen LogP contribution in [-0.2, 0) is 4.74 Å². The highest BCUT2D eigenvalue weighted by Crippen LogP contribution is 2.20. The van der Waals surface area contributed by atoms with Crippen molar-refractivity contribution in [3.63, 3.8) is 0 Å². The van der Waals surface area contributed by atoms with Crippen LogP contribution in [0, 0.1) is 0 Å². The third kappa shape index (κ3) is 3.76. The summed E-state index contributed by atoms with van der Waals surface area (Å²) in [5.41, 5.74) is 0.511. The summed E-state index contributed by atoms with van der Waals surface area (Å²) in [7, 11) is 0. The number of hydrazine groups is 1. The zero-order chi connectivity index (χ0) is 14.6. The standard InChI is InChI=1S/C16H22N2O2/c1-16(2,3)20-15(19)18-13-9-5-8-12-17(18)14-10-6-4-7-11-14/h4-7,9-11H,8,12-13H2,1-3H3. The maximum absolute atomic E-state index is 12.4. The van der Waals surface area contributed by atoms with Crippen LogP contribution < -0.4 is 5.01 Å². The van der Waals surface area contributed by atoms with Crippen molar-refractivity contribution in [1.82, 2.24) is 5.01 Å². The molecule has 0 bridgehead atoms. The molecule has 0 aliphatic carbocycles. The normalized spacial score (nSPS) is 15.9. The van der Waals surface area contributed by atoms with Crippen LogP contribution in [0.1, 0.15) is 27.2 Å². The van der Waals surface area contributed by atoms with E-state index >= 15 is 0 Å². The van der Waals surface area contributed by atoms with Gasteiger partial charge in [0.2, 0.25) is 0 Å². The van der Waals surface area contributed by atoms with E-state index < -0.39 is 5.60 Å². The lowest BCUT2D eigenvalue weighted by atomic mass is 10.2. The first-order valence-electron chi connectivity index (χ1n) is 6.95. The fourth-order valence-corrected chi connectivity index (χ4v) is 2.06. The Balaban J connectivity index is 2.21. The van der Waals surface area contributed by atoms with E-state index in [-0.39, 0.29) is 6.09 Å². The van der Waals surface area contributed by atoms with E-state index in [1.165, 1.54) is 0 Å². The third-order valence-electron chi connectivity index (χ3n) is 2.90. The van der Waals surface area contributed by atoms with Gasteiger partial charge in [-0.2, -0.15) is 0 Å². The molecule has 108 valence electrons. The molecule has 0 radical (unpaired) electrons. The molecule has 0 saturated carbocycles. The van der Waals surface area contributed by atoms with E-state index in [1.807, 2.05) is 62.2 Å². The summed E-state index contributed by atoms with van der Waals surface area (Å²) in [5.74, 6) is 0. The smallest absolute Gasteiger partial charge is 0.429 e. The lowest BCUT2D eigenvalue weighted by molar-refractivity contribution is 0.0251. The average Bonchev–Trinajstić information content (AvgIpc) is 2.63. The molecular formula is C16H22N2O2. The van der Waals surface area contributed by atoms with Crippen molar-refractivity contribution in [2.75, 3.05) is 18.1 Å². The van der Waals surface area contributed by atoms with Crippen LogP contribution in [0.25, 0.3) is 0 Å². The minimum atomic E-state index is -0.491. The third-order valence-corrected chi connectivity index (χ3v) is 2.90. The second-order valence-corrected chi connectivity index (χ2v) is 5.78. The molecule has 0 N–H and O–H groups in total. The number of amides is 1. The van der Waals surface area contributed by atoms with E-state index in [0.717, 1.165) is 18.7 Å². The van der Waals surface area contributed by atoms with Gasteiger partial charge >= 0.3 is 6.09 Å². The van der Waals surface area contributed by atoms with E-state index in [0.29, 0.717) is 6.54 Å². The Morgan fingerprint density at radius 3 is 2.50 bits per heavy atom. The van der Waals surface area contributed by atoms with Gasteiger partial charge < -0.3 is 4.74 Å². The zero-order valence-electron chi connectivity index (χ0n) is 12.4. The van der Waals surface area contributed by atoms with Gasteiger partial charge in [0.25, 0.3) is 0 Å². The fraction of sp³-hybridized carbons (Fsp3) is 0.438. The molecule has 4 nitrogen and oxygen atoms in total. The molecular weight excluding hydrogens is 252 g/mol. The van der Waals surface area contributed by atoms with Crippen molar-refractivity contribution in [2.24, 2.45) is 0 Å². The van der Waals surface area contributed by atoms with Crippen molar-refractivity contribution in [3.8, 4) is 0 Å². The Morgan fingerprint density at radius 2 is 1.85 bits per heavy atom. The van der Waals surface area contributed by atoms with Gasteiger partial charge in [-0.3, -0.25) is 5.01 Å². The number of para-hydroxylation sites is 1. The number of carbonyl (C=O) groups is 1. The maximum atomic E-state index is 12.4. The Morgan fingerprint density at radius 1 is 1.15 bits per heavy atom. The van der Waals surface area contributed by atoms with Gasteiger partial charge in [-0.15, -0.1) is 0 Å². The maximum Gasteiger partial charge on any atom is 0.429 e. The Labute approximate surface area is 120 Å². The number of anilines is 1. The van der Waals surface area contributed by atoms with Crippen molar-refractivity contribution in [2.45, 2.75) is 32.8 Å². The predicted molar refractivity (Wildman–Crippen MR) is 80.5 cm³/mol. The molecule has 20 heavy (non-hydrogen) atoms. The van der Waals surface area contributed by atoms with Gasteiger partial charge in [-0.05, 0) is 39.3 Å². The van der Waals surface area contributed by atoms with Crippen molar-refractivity contribution in [3.05, 3.63) is 42.5 Å². The van der Waals surface area contributed by atoms with Crippen LogP contribution in [0.4, 0.5) is 10.5 Å². The summed E-state index contributed by atoms with van der Waals surface area (Å²) in [5, 5.41) is 3.64. The average molecular weight is 274 g/mol. The minimum Gasteiger partial charge on any atom is -0.442 e. The molecule has 0 aromatic heterocycles. The van der Waals surface area contributed by atoms with E-state index in [1.54, 1.807) is 5.01 Å². The Kier molecular flexibility index (Phi) is 4.32. The van der Waals surface area contributed by atoms with Gasteiger partial charge in [0.05, 0.1) is 12.2 Å². The second kappa shape index (κ2) is 5.99. The van der Waals surface area contributed by atoms with Gasteiger partial charge in [-0.25, -0.2) is 9.80 Å². The molecule has 1 aromatic carbocycles. The Hall–Kier alpha value is -1.97. The van der Waals surface area contributed by atoms with Crippen LogP contribution in [0.5, 0.6) is 0 Å². The van der Waals surface area contributed by atoms with Crippen LogP contribution in [0.2, 0.25) is 0 Å². The molecule has 1 amide bonds. The summed E-state index contributed by atoms with van der Waals surface area (Å²) in [6.45, 7) is 6.94. The summed E-state index contributed by atoms with van der Waals surface area (Å²) < 4.78 is 5.50. The topological polar surface area (TPSA) is 32.8 Å². The zero-order valence-corrected chi connectivity index (χ0v) is 12.4. The molecule has 1 aliphatic heterocycles. The monoisotopic (exact) mass is 274 g/mol. The van der Waals surface area contributed by atoms with Crippen LogP contribution >= 0.6 is 0 Å². The highest BCUT2D eigenvalue weighted by Gasteiger charge is 2.27. The number of hydrogen-bond donors (Lipinski definition) is 0. The minimum absolute atomic E-state index is 0.312. The number of carbonyl (C=O) groups excluding carboxylic acids is 1. The second-order valence-electron chi connectivity index (χ2n) is 5.78. The molecule has 4 heteroatoms.